The summed E-state index contributed by atoms with van der Waals surface area (Å²) >= 11 is 0. The third-order valence-electron chi connectivity index (χ3n) is 3.50. The Balaban J connectivity index is 1.91. The highest BCUT2D eigenvalue weighted by molar-refractivity contribution is 5.81. The Bertz CT molecular complexity index is 991. The molecular formula is C19H16O7. The molecule has 0 unspecified atom stereocenters. The number of rotatable bonds is 6. The smallest absolute Gasteiger partial charge is 0.337 e. The van der Waals surface area contributed by atoms with Crippen molar-refractivity contribution in [3.63, 3.8) is 0 Å². The SMILES string of the molecule is COCC(=O)Oc1ccc2c(=O)c(Oc3ccccc3OC)coc2c1. The monoisotopic (exact) mass is 356 g/mol. The Hall–Kier alpha value is -3.32. The average Bonchev–Trinajstić information content (AvgIpc) is 2.64. The summed E-state index contributed by atoms with van der Waals surface area (Å²) in [6, 6.07) is 11.4. The van der Waals surface area contributed by atoms with Crippen LogP contribution in [-0.4, -0.2) is 26.8 Å². The molecule has 134 valence electrons. The summed E-state index contributed by atoms with van der Waals surface area (Å²) in [7, 11) is 2.90. The second-order valence-corrected chi connectivity index (χ2v) is 5.25. The van der Waals surface area contributed by atoms with Gasteiger partial charge in [0.2, 0.25) is 11.2 Å². The number of carbonyl (C=O) groups excluding carboxylic acids is 1. The lowest BCUT2D eigenvalue weighted by molar-refractivity contribution is -0.138. The predicted molar refractivity (Wildman–Crippen MR) is 93.1 cm³/mol. The minimum Gasteiger partial charge on any atom is -0.493 e. The van der Waals surface area contributed by atoms with Crippen molar-refractivity contribution in [1.29, 1.82) is 0 Å². The van der Waals surface area contributed by atoms with Crippen LogP contribution in [0.15, 0.2) is 57.9 Å². The van der Waals surface area contributed by atoms with Crippen LogP contribution < -0.4 is 19.6 Å². The number of benzene rings is 2. The van der Waals surface area contributed by atoms with Crippen LogP contribution in [0.5, 0.6) is 23.0 Å². The molecule has 0 radical (unpaired) electrons. The topological polar surface area (TPSA) is 84.2 Å². The lowest BCUT2D eigenvalue weighted by atomic mass is 10.2. The Morgan fingerprint density at radius 3 is 2.54 bits per heavy atom. The molecule has 2 aromatic carbocycles. The minimum absolute atomic E-state index is 0.0196. The summed E-state index contributed by atoms with van der Waals surface area (Å²) in [5.74, 6) is 0.608. The van der Waals surface area contributed by atoms with Gasteiger partial charge < -0.3 is 23.4 Å². The van der Waals surface area contributed by atoms with Crippen molar-refractivity contribution in [2.24, 2.45) is 0 Å². The van der Waals surface area contributed by atoms with Crippen LogP contribution in [0, 0.1) is 0 Å². The van der Waals surface area contributed by atoms with E-state index in [4.69, 9.17) is 23.4 Å². The van der Waals surface area contributed by atoms with Crippen molar-refractivity contribution in [2.75, 3.05) is 20.8 Å². The molecule has 0 atom stereocenters. The minimum atomic E-state index is -0.551. The second-order valence-electron chi connectivity index (χ2n) is 5.25. The van der Waals surface area contributed by atoms with Gasteiger partial charge in [-0.15, -0.1) is 0 Å². The van der Waals surface area contributed by atoms with E-state index < -0.39 is 5.97 Å². The molecule has 7 heteroatoms. The summed E-state index contributed by atoms with van der Waals surface area (Å²) in [5.41, 5.74) is -0.0861. The lowest BCUT2D eigenvalue weighted by Gasteiger charge is -2.09. The summed E-state index contributed by atoms with van der Waals surface area (Å²) in [5, 5.41) is 0.295. The molecule has 0 saturated carbocycles. The van der Waals surface area contributed by atoms with Gasteiger partial charge >= 0.3 is 5.97 Å². The van der Waals surface area contributed by atoms with Crippen LogP contribution >= 0.6 is 0 Å². The zero-order chi connectivity index (χ0) is 18.5. The zero-order valence-corrected chi connectivity index (χ0v) is 14.2. The highest BCUT2D eigenvalue weighted by Gasteiger charge is 2.13. The fourth-order valence-electron chi connectivity index (χ4n) is 2.33. The number of methoxy groups -OCH3 is 2. The second kappa shape index (κ2) is 7.71. The van der Waals surface area contributed by atoms with Crippen molar-refractivity contribution >= 4 is 16.9 Å². The van der Waals surface area contributed by atoms with Crippen LogP contribution in [0.3, 0.4) is 0 Å². The first-order valence-corrected chi connectivity index (χ1v) is 7.68. The molecule has 1 aromatic heterocycles. The molecule has 0 fully saturated rings. The predicted octanol–water partition coefficient (Wildman–Crippen LogP) is 3.15. The molecule has 0 aliphatic carbocycles. The van der Waals surface area contributed by atoms with E-state index in [0.717, 1.165) is 0 Å². The van der Waals surface area contributed by atoms with Crippen LogP contribution in [0.2, 0.25) is 0 Å². The number of carbonyl (C=O) groups is 1. The number of hydrogen-bond donors (Lipinski definition) is 0. The molecule has 0 spiro atoms. The first kappa shape index (κ1) is 17.5. The molecule has 3 rings (SSSR count). The maximum absolute atomic E-state index is 12.6. The maximum Gasteiger partial charge on any atom is 0.337 e. The van der Waals surface area contributed by atoms with Gasteiger partial charge in [-0.25, -0.2) is 4.79 Å². The van der Waals surface area contributed by atoms with Crippen molar-refractivity contribution in [2.45, 2.75) is 0 Å². The summed E-state index contributed by atoms with van der Waals surface area (Å²) in [6.07, 6.45) is 1.21. The van der Waals surface area contributed by atoms with E-state index in [-0.39, 0.29) is 29.1 Å². The van der Waals surface area contributed by atoms with Crippen molar-refractivity contribution < 1.29 is 28.2 Å². The van der Waals surface area contributed by atoms with Gasteiger partial charge in [-0.05, 0) is 24.3 Å². The van der Waals surface area contributed by atoms with Gasteiger partial charge in [0.25, 0.3) is 0 Å². The highest BCUT2D eigenvalue weighted by atomic mass is 16.6. The lowest BCUT2D eigenvalue weighted by Crippen LogP contribution is -2.14. The Kier molecular flexibility index (Phi) is 5.19. The van der Waals surface area contributed by atoms with Gasteiger partial charge in [0.15, 0.2) is 11.5 Å². The number of ether oxygens (including phenoxy) is 4. The standard InChI is InChI=1S/C19H16O7/c1-22-11-18(20)25-12-7-8-13-16(9-12)24-10-17(19(13)21)26-15-6-4-3-5-14(15)23-2/h3-10H,11H2,1-2H3. The Labute approximate surface area is 148 Å². The molecule has 0 aliphatic heterocycles. The highest BCUT2D eigenvalue weighted by Crippen LogP contribution is 2.30. The Morgan fingerprint density at radius 1 is 1.04 bits per heavy atom. The van der Waals surface area contributed by atoms with Gasteiger partial charge in [-0.1, -0.05) is 12.1 Å². The number of para-hydroxylation sites is 2. The molecular weight excluding hydrogens is 340 g/mol. The molecule has 0 amide bonds. The summed E-state index contributed by atoms with van der Waals surface area (Å²) in [4.78, 5) is 24.1. The van der Waals surface area contributed by atoms with Crippen LogP contribution in [0.4, 0.5) is 0 Å². The van der Waals surface area contributed by atoms with Gasteiger partial charge in [0.05, 0.1) is 12.5 Å². The number of fused-ring (bicyclic) bond motifs is 1. The van der Waals surface area contributed by atoms with Gasteiger partial charge in [-0.2, -0.15) is 0 Å². The molecule has 7 nitrogen and oxygen atoms in total. The van der Waals surface area contributed by atoms with E-state index in [9.17, 15) is 9.59 Å². The van der Waals surface area contributed by atoms with E-state index in [1.54, 1.807) is 24.3 Å². The molecule has 0 bridgehead atoms. The van der Waals surface area contributed by atoms with Crippen LogP contribution in [0.25, 0.3) is 11.0 Å². The van der Waals surface area contributed by atoms with Gasteiger partial charge in [0.1, 0.15) is 24.2 Å². The van der Waals surface area contributed by atoms with E-state index in [2.05, 4.69) is 0 Å². The van der Waals surface area contributed by atoms with Gasteiger partial charge in [0, 0.05) is 13.2 Å². The number of hydrogen-bond acceptors (Lipinski definition) is 7. The number of esters is 1. The largest absolute Gasteiger partial charge is 0.493 e. The van der Waals surface area contributed by atoms with E-state index in [1.807, 2.05) is 0 Å². The fraction of sp³-hybridized carbons (Fsp3) is 0.158. The van der Waals surface area contributed by atoms with E-state index >= 15 is 0 Å². The zero-order valence-electron chi connectivity index (χ0n) is 14.2. The summed E-state index contributed by atoms with van der Waals surface area (Å²) < 4.78 is 26.1. The van der Waals surface area contributed by atoms with E-state index in [1.165, 1.54) is 38.7 Å². The van der Waals surface area contributed by atoms with Gasteiger partial charge in [-0.3, -0.25) is 4.79 Å². The van der Waals surface area contributed by atoms with Crippen LogP contribution in [-0.2, 0) is 9.53 Å². The maximum atomic E-state index is 12.6. The molecule has 0 saturated heterocycles. The van der Waals surface area contributed by atoms with Crippen molar-refractivity contribution in [3.05, 3.63) is 59.0 Å². The Morgan fingerprint density at radius 2 is 1.81 bits per heavy atom. The first-order chi connectivity index (χ1) is 12.6. The quantitative estimate of drug-likeness (QED) is 0.495. The third-order valence-corrected chi connectivity index (χ3v) is 3.50. The van der Waals surface area contributed by atoms with E-state index in [0.29, 0.717) is 16.9 Å². The molecule has 0 aliphatic rings. The summed E-state index contributed by atoms with van der Waals surface area (Å²) in [6.45, 7) is -0.173. The average molecular weight is 356 g/mol. The fourth-order valence-corrected chi connectivity index (χ4v) is 2.33. The van der Waals surface area contributed by atoms with Crippen molar-refractivity contribution in [1.82, 2.24) is 0 Å². The molecule has 3 aromatic rings. The molecule has 1 heterocycles. The van der Waals surface area contributed by atoms with Crippen LogP contribution in [0.1, 0.15) is 0 Å². The molecule has 26 heavy (non-hydrogen) atoms. The molecule has 0 N–H and O–H groups in total. The third kappa shape index (κ3) is 3.68. The first-order valence-electron chi connectivity index (χ1n) is 7.68. The van der Waals surface area contributed by atoms with Crippen molar-refractivity contribution in [3.8, 4) is 23.0 Å². The normalized spacial score (nSPS) is 10.5.